The van der Waals surface area contributed by atoms with Crippen LogP contribution < -0.4 is 9.47 Å². The number of ether oxygens (including phenoxy) is 6. The molecule has 202 valence electrons. The maximum atomic E-state index is 12.9. The zero-order valence-corrected chi connectivity index (χ0v) is 21.6. The smallest absolute Gasteiger partial charge is 0.274 e. The van der Waals surface area contributed by atoms with Crippen LogP contribution in [-0.4, -0.2) is 59.6 Å². The van der Waals surface area contributed by atoms with E-state index < -0.39 is 29.4 Å². The second kappa shape index (κ2) is 7.71. The molecule has 3 aromatic carbocycles. The van der Waals surface area contributed by atoms with Crippen molar-refractivity contribution in [3.05, 3.63) is 64.2 Å². The number of hydrogen-bond donors (Lipinski definition) is 2. The average Bonchev–Trinajstić information content (AvgIpc) is 3.61. The highest BCUT2D eigenvalue weighted by Gasteiger charge is 2.90. The van der Waals surface area contributed by atoms with Crippen molar-refractivity contribution < 1.29 is 43.4 Å². The molecule has 3 fully saturated rings. The number of benzene rings is 3. The van der Waals surface area contributed by atoms with E-state index in [4.69, 9.17) is 28.4 Å². The van der Waals surface area contributed by atoms with E-state index in [9.17, 15) is 15.0 Å². The number of rotatable bonds is 5. The van der Waals surface area contributed by atoms with Gasteiger partial charge in [-0.15, -0.1) is 0 Å². The fourth-order valence-electron chi connectivity index (χ4n) is 7.15. The summed E-state index contributed by atoms with van der Waals surface area (Å²) in [5, 5.41) is 24.5. The molecule has 5 atom stereocenters. The van der Waals surface area contributed by atoms with Crippen LogP contribution >= 0.6 is 0 Å². The van der Waals surface area contributed by atoms with Gasteiger partial charge in [-0.2, -0.15) is 0 Å². The second-order valence-electron chi connectivity index (χ2n) is 11.1. The fraction of sp³-hybridized carbons (Fsp3) is 0.433. The maximum absolute atomic E-state index is 12.9. The molecule has 2 bridgehead atoms. The summed E-state index contributed by atoms with van der Waals surface area (Å²) in [4.78, 5) is 12.9. The number of carbonyl (C=O) groups excluding carboxylic acids is 1. The van der Waals surface area contributed by atoms with Gasteiger partial charge in [0.25, 0.3) is 5.79 Å². The SMILES string of the molecule is COc1c2c(c(O)c3c4c(c(C)cc13)C1O[C@]3(COCc5ccccc5)O[C@H]1[C@@](O)(O4)[C@@]31CO1)C(=O)CCC2. The molecule has 8 rings (SSSR count). The fourth-order valence-corrected chi connectivity index (χ4v) is 7.15. The van der Waals surface area contributed by atoms with Crippen molar-refractivity contribution in [3.8, 4) is 17.2 Å². The quantitative estimate of drug-likeness (QED) is 0.476. The summed E-state index contributed by atoms with van der Waals surface area (Å²) >= 11 is 0. The molecule has 1 unspecified atom stereocenters. The third-order valence-electron chi connectivity index (χ3n) is 9.00. The largest absolute Gasteiger partial charge is 0.506 e. The Labute approximate surface area is 224 Å². The standard InChI is InChI=1S/C30H28O9/c1-15-11-18-22(23(32)21-17(24(18)34-2)9-6-10-19(21)31)25-20(15)26-27-30(33,38-25)28(13-36-28)29(37-26,39-27)14-35-12-16-7-4-3-5-8-16/h3-5,7-8,11,26-27,32-33H,6,9-10,12-14H2,1-2H3/t26?,27-,28-,29-,30-/m1/s1. The van der Waals surface area contributed by atoms with E-state index in [-0.39, 0.29) is 36.1 Å². The van der Waals surface area contributed by atoms with Crippen molar-refractivity contribution in [2.75, 3.05) is 20.3 Å². The molecular formula is C30H28O9. The van der Waals surface area contributed by atoms with Crippen molar-refractivity contribution in [1.29, 1.82) is 0 Å². The van der Waals surface area contributed by atoms with Crippen molar-refractivity contribution in [2.24, 2.45) is 0 Å². The van der Waals surface area contributed by atoms with E-state index in [1.807, 2.05) is 43.3 Å². The minimum Gasteiger partial charge on any atom is -0.506 e. The first kappa shape index (κ1) is 23.7. The minimum absolute atomic E-state index is 0.0314. The summed E-state index contributed by atoms with van der Waals surface area (Å²) in [6, 6.07) is 11.7. The molecule has 1 spiro atoms. The number of epoxide rings is 1. The van der Waals surface area contributed by atoms with E-state index in [1.165, 1.54) is 0 Å². The lowest BCUT2D eigenvalue weighted by atomic mass is 9.78. The van der Waals surface area contributed by atoms with E-state index >= 15 is 0 Å². The van der Waals surface area contributed by atoms with E-state index in [1.54, 1.807) is 7.11 Å². The number of aromatic hydroxyl groups is 1. The molecule has 2 N–H and O–H groups in total. The zero-order chi connectivity index (χ0) is 26.7. The van der Waals surface area contributed by atoms with Gasteiger partial charge in [-0.25, -0.2) is 0 Å². The van der Waals surface area contributed by atoms with Crippen LogP contribution in [0.3, 0.4) is 0 Å². The molecule has 3 saturated heterocycles. The third kappa shape index (κ3) is 2.79. The Morgan fingerprint density at radius 1 is 1.15 bits per heavy atom. The number of hydrogen-bond acceptors (Lipinski definition) is 9. The lowest BCUT2D eigenvalue weighted by Gasteiger charge is -2.46. The Kier molecular flexibility index (Phi) is 4.68. The highest BCUT2D eigenvalue weighted by Crippen LogP contribution is 2.70. The van der Waals surface area contributed by atoms with Crippen LogP contribution in [0.2, 0.25) is 0 Å². The maximum Gasteiger partial charge on any atom is 0.274 e. The van der Waals surface area contributed by atoms with Crippen LogP contribution in [0.15, 0.2) is 36.4 Å². The topological polar surface area (TPSA) is 116 Å². The Balaban J connectivity index is 1.26. The predicted octanol–water partition coefficient (Wildman–Crippen LogP) is 3.61. The molecule has 9 heteroatoms. The number of aliphatic hydroxyl groups is 1. The van der Waals surface area contributed by atoms with Crippen LogP contribution in [-0.2, 0) is 32.0 Å². The molecule has 4 heterocycles. The monoisotopic (exact) mass is 532 g/mol. The highest BCUT2D eigenvalue weighted by atomic mass is 16.9. The molecule has 0 amide bonds. The molecule has 0 saturated carbocycles. The summed E-state index contributed by atoms with van der Waals surface area (Å²) < 4.78 is 37.1. The lowest BCUT2D eigenvalue weighted by Crippen LogP contribution is -2.67. The van der Waals surface area contributed by atoms with Crippen molar-refractivity contribution in [2.45, 2.75) is 62.2 Å². The van der Waals surface area contributed by atoms with Gasteiger partial charge in [0.1, 0.15) is 30.0 Å². The Morgan fingerprint density at radius 3 is 2.69 bits per heavy atom. The summed E-state index contributed by atoms with van der Waals surface area (Å²) in [7, 11) is 1.56. The predicted molar refractivity (Wildman–Crippen MR) is 136 cm³/mol. The van der Waals surface area contributed by atoms with Crippen LogP contribution in [0.1, 0.15) is 51.6 Å². The summed E-state index contributed by atoms with van der Waals surface area (Å²) in [6.45, 7) is 2.45. The number of phenols is 1. The molecule has 1 aliphatic carbocycles. The van der Waals surface area contributed by atoms with Crippen LogP contribution in [0.4, 0.5) is 0 Å². The van der Waals surface area contributed by atoms with Crippen molar-refractivity contribution in [1.82, 2.24) is 0 Å². The van der Waals surface area contributed by atoms with Gasteiger partial charge < -0.3 is 38.6 Å². The van der Waals surface area contributed by atoms with Gasteiger partial charge in [-0.05, 0) is 37.0 Å². The van der Waals surface area contributed by atoms with Crippen LogP contribution in [0.25, 0.3) is 10.8 Å². The van der Waals surface area contributed by atoms with Gasteiger partial charge in [-0.3, -0.25) is 4.79 Å². The first-order valence-electron chi connectivity index (χ1n) is 13.3. The molecule has 39 heavy (non-hydrogen) atoms. The van der Waals surface area contributed by atoms with Crippen LogP contribution in [0, 0.1) is 6.92 Å². The molecular weight excluding hydrogens is 504 g/mol. The Bertz CT molecular complexity index is 1560. The van der Waals surface area contributed by atoms with Crippen molar-refractivity contribution >= 4 is 16.6 Å². The van der Waals surface area contributed by atoms with Crippen molar-refractivity contribution in [3.63, 3.8) is 0 Å². The van der Waals surface area contributed by atoms with Gasteiger partial charge >= 0.3 is 0 Å². The Hall–Kier alpha value is -3.21. The zero-order valence-electron chi connectivity index (χ0n) is 21.6. The Morgan fingerprint density at radius 2 is 1.95 bits per heavy atom. The van der Waals surface area contributed by atoms with Crippen LogP contribution in [0.5, 0.6) is 17.2 Å². The summed E-state index contributed by atoms with van der Waals surface area (Å²) in [5.41, 5.74) is 2.14. The van der Waals surface area contributed by atoms with Gasteiger partial charge in [0.15, 0.2) is 11.9 Å². The highest BCUT2D eigenvalue weighted by molar-refractivity contribution is 6.11. The first-order chi connectivity index (χ1) is 18.8. The minimum atomic E-state index is -1.89. The molecule has 0 aromatic heterocycles. The van der Waals surface area contributed by atoms with Gasteiger partial charge in [0.05, 0.1) is 31.3 Å². The number of methoxy groups -OCH3 is 1. The lowest BCUT2D eigenvalue weighted by molar-refractivity contribution is -0.289. The van der Waals surface area contributed by atoms with Gasteiger partial charge in [0, 0.05) is 22.9 Å². The van der Waals surface area contributed by atoms with Gasteiger partial charge in [-0.1, -0.05) is 30.3 Å². The number of aryl methyl sites for hydroxylation is 1. The summed E-state index contributed by atoms with van der Waals surface area (Å²) in [5.74, 6) is -2.77. The number of carbonyl (C=O) groups is 1. The van der Waals surface area contributed by atoms with E-state index in [0.29, 0.717) is 53.5 Å². The average molecular weight is 533 g/mol. The molecule has 0 radical (unpaired) electrons. The number of ketones is 1. The molecule has 4 aliphatic heterocycles. The summed E-state index contributed by atoms with van der Waals surface area (Å²) in [6.07, 6.45) is 0.0933. The number of Topliss-reactive ketones (excluding diaryl/α,β-unsaturated/α-hetero) is 1. The van der Waals surface area contributed by atoms with Gasteiger partial charge in [0.2, 0.25) is 11.4 Å². The van der Waals surface area contributed by atoms with E-state index in [0.717, 1.165) is 11.1 Å². The third-order valence-corrected chi connectivity index (χ3v) is 9.00. The normalized spacial score (nSPS) is 33.3. The van der Waals surface area contributed by atoms with E-state index in [2.05, 4.69) is 0 Å². The number of fused-ring (bicyclic) bond motifs is 8. The number of phenolic OH excluding ortho intramolecular Hbond substituents is 1. The molecule has 9 nitrogen and oxygen atoms in total. The molecule has 3 aromatic rings. The molecule has 5 aliphatic rings. The second-order valence-corrected chi connectivity index (χ2v) is 11.1. The first-order valence-corrected chi connectivity index (χ1v) is 13.3.